The van der Waals surface area contributed by atoms with E-state index in [0.29, 0.717) is 0 Å². The van der Waals surface area contributed by atoms with Gasteiger partial charge in [0, 0.05) is 12.1 Å². The summed E-state index contributed by atoms with van der Waals surface area (Å²) < 4.78 is 8.16. The molecule has 2 N–H and O–H groups in total. The van der Waals surface area contributed by atoms with E-state index in [9.17, 15) is 29.8 Å². The molecule has 0 aromatic heterocycles. The van der Waals surface area contributed by atoms with Crippen LogP contribution in [-0.2, 0) is 16.1 Å². The van der Waals surface area contributed by atoms with Crippen LogP contribution in [0.1, 0.15) is 5.56 Å². The minimum absolute atomic E-state index is 0.441. The van der Waals surface area contributed by atoms with Crippen molar-refractivity contribution in [2.75, 3.05) is 0 Å². The highest BCUT2D eigenvalue weighted by Gasteiger charge is 2.26. The van der Waals surface area contributed by atoms with Crippen molar-refractivity contribution in [3.8, 4) is 0 Å². The molecular weight excluding hydrogens is 278 g/mol. The van der Waals surface area contributed by atoms with Crippen molar-refractivity contribution in [1.82, 2.24) is 0 Å². The lowest BCUT2D eigenvalue weighted by molar-refractivity contribution is -0.396. The van der Waals surface area contributed by atoms with Crippen LogP contribution in [-0.4, -0.2) is 22.1 Å². The zero-order chi connectivity index (χ0) is 15.3. The molecule has 0 fully saturated rings. The summed E-state index contributed by atoms with van der Waals surface area (Å²) in [5.74, 6) is 0. The Morgan fingerprint density at radius 1 is 1.15 bits per heavy atom. The van der Waals surface area contributed by atoms with Crippen LogP contribution in [0.5, 0.6) is 0 Å². The minimum Gasteiger partial charge on any atom is -0.428 e. The normalized spacial score (nSPS) is 9.60. The Labute approximate surface area is 110 Å². The second kappa shape index (κ2) is 6.08. The summed E-state index contributed by atoms with van der Waals surface area (Å²) in [5, 5.41) is 21.5. The fourth-order valence-electron chi connectivity index (χ4n) is 1.30. The second-order valence-corrected chi connectivity index (χ2v) is 3.25. The molecule has 0 saturated heterocycles. The predicted octanol–water partition coefficient (Wildman–Crippen LogP) is 1.23. The van der Waals surface area contributed by atoms with Crippen molar-refractivity contribution in [3.63, 3.8) is 0 Å². The number of benzene rings is 1. The van der Waals surface area contributed by atoms with Gasteiger partial charge in [-0.2, -0.15) is 0 Å². The number of hydrogen-bond acceptors (Lipinski definition) is 8. The van der Waals surface area contributed by atoms with Crippen LogP contribution in [0.2, 0.25) is 0 Å². The molecule has 0 bridgehead atoms. The van der Waals surface area contributed by atoms with Crippen LogP contribution in [0, 0.1) is 20.2 Å². The number of carbonyl (C=O) groups is 2. The number of nitrogens with zero attached hydrogens (tertiary/aromatic N) is 2. The van der Waals surface area contributed by atoms with E-state index in [2.05, 4.69) is 15.2 Å². The standard InChI is InChI=1S/C9H7N3O8/c10-8(13)20-9(14)19-4-5-6(11(15)16)2-1-3-7(5)12(17)18/h1-3H,4H2,(H2,10,13). The van der Waals surface area contributed by atoms with Gasteiger partial charge in [-0.25, -0.2) is 9.59 Å². The van der Waals surface area contributed by atoms with Crippen molar-refractivity contribution < 1.29 is 28.9 Å². The number of nitro groups is 2. The molecule has 11 nitrogen and oxygen atoms in total. The fourth-order valence-corrected chi connectivity index (χ4v) is 1.30. The highest BCUT2D eigenvalue weighted by molar-refractivity contribution is 5.79. The number of carbonyl (C=O) groups excluding carboxylic acids is 2. The maximum atomic E-state index is 10.9. The van der Waals surface area contributed by atoms with E-state index in [1.54, 1.807) is 0 Å². The molecule has 0 unspecified atom stereocenters. The monoisotopic (exact) mass is 285 g/mol. The van der Waals surface area contributed by atoms with Crippen LogP contribution in [0.3, 0.4) is 0 Å². The van der Waals surface area contributed by atoms with Crippen molar-refractivity contribution in [3.05, 3.63) is 44.0 Å². The van der Waals surface area contributed by atoms with E-state index < -0.39 is 45.6 Å². The Morgan fingerprint density at radius 3 is 2.05 bits per heavy atom. The molecular formula is C9H7N3O8. The number of nitro benzene ring substituents is 2. The van der Waals surface area contributed by atoms with Gasteiger partial charge in [-0.05, 0) is 6.07 Å². The quantitative estimate of drug-likeness (QED) is 0.373. The molecule has 0 radical (unpaired) electrons. The Morgan fingerprint density at radius 2 is 1.65 bits per heavy atom. The van der Waals surface area contributed by atoms with Gasteiger partial charge < -0.3 is 15.2 Å². The average Bonchev–Trinajstić information content (AvgIpc) is 2.34. The SMILES string of the molecule is NC(=O)OC(=O)OCc1c([N+](=O)[O-])cccc1[N+](=O)[O-]. The van der Waals surface area contributed by atoms with E-state index in [-0.39, 0.29) is 0 Å². The summed E-state index contributed by atoms with van der Waals surface area (Å²) in [6.07, 6.45) is -2.96. The van der Waals surface area contributed by atoms with E-state index in [0.717, 1.165) is 18.2 Å². The van der Waals surface area contributed by atoms with Gasteiger partial charge in [-0.15, -0.1) is 0 Å². The topological polar surface area (TPSA) is 165 Å². The molecule has 0 atom stereocenters. The lowest BCUT2D eigenvalue weighted by atomic mass is 10.1. The number of rotatable bonds is 4. The van der Waals surface area contributed by atoms with Crippen LogP contribution in [0.4, 0.5) is 21.0 Å². The first-order valence-electron chi connectivity index (χ1n) is 4.87. The van der Waals surface area contributed by atoms with Crippen LogP contribution >= 0.6 is 0 Å². The number of amides is 1. The number of primary amides is 1. The van der Waals surface area contributed by atoms with Gasteiger partial charge in [-0.3, -0.25) is 20.2 Å². The Kier molecular flexibility index (Phi) is 4.51. The van der Waals surface area contributed by atoms with Crippen LogP contribution in [0.15, 0.2) is 18.2 Å². The Hall–Kier alpha value is -3.24. The lowest BCUT2D eigenvalue weighted by Crippen LogP contribution is -2.19. The van der Waals surface area contributed by atoms with Gasteiger partial charge >= 0.3 is 12.2 Å². The first kappa shape index (κ1) is 14.8. The average molecular weight is 285 g/mol. The Balaban J connectivity index is 3.02. The van der Waals surface area contributed by atoms with Gasteiger partial charge in [0.1, 0.15) is 12.2 Å². The molecule has 20 heavy (non-hydrogen) atoms. The molecule has 1 rings (SSSR count). The highest BCUT2D eigenvalue weighted by Crippen LogP contribution is 2.28. The zero-order valence-corrected chi connectivity index (χ0v) is 9.68. The smallest absolute Gasteiger partial charge is 0.428 e. The molecule has 1 aromatic rings. The third-order valence-electron chi connectivity index (χ3n) is 2.04. The van der Waals surface area contributed by atoms with E-state index in [4.69, 9.17) is 0 Å². The van der Waals surface area contributed by atoms with Gasteiger partial charge in [0.15, 0.2) is 0 Å². The number of ether oxygens (including phenoxy) is 2. The molecule has 0 heterocycles. The third-order valence-corrected chi connectivity index (χ3v) is 2.04. The highest BCUT2D eigenvalue weighted by atomic mass is 16.7. The van der Waals surface area contributed by atoms with E-state index in [1.807, 2.05) is 0 Å². The summed E-state index contributed by atoms with van der Waals surface area (Å²) in [4.78, 5) is 40.9. The van der Waals surface area contributed by atoms with Crippen molar-refractivity contribution in [1.29, 1.82) is 0 Å². The Bertz CT molecular complexity index is 552. The molecule has 11 heteroatoms. The van der Waals surface area contributed by atoms with E-state index >= 15 is 0 Å². The third kappa shape index (κ3) is 3.63. The zero-order valence-electron chi connectivity index (χ0n) is 9.68. The maximum Gasteiger partial charge on any atom is 0.517 e. The van der Waals surface area contributed by atoms with Crippen molar-refractivity contribution >= 4 is 23.6 Å². The first-order chi connectivity index (χ1) is 9.32. The van der Waals surface area contributed by atoms with Gasteiger partial charge in [0.2, 0.25) is 0 Å². The molecule has 1 amide bonds. The van der Waals surface area contributed by atoms with Crippen molar-refractivity contribution in [2.24, 2.45) is 5.73 Å². The fraction of sp³-hybridized carbons (Fsp3) is 0.111. The van der Waals surface area contributed by atoms with Crippen molar-refractivity contribution in [2.45, 2.75) is 6.61 Å². The molecule has 106 valence electrons. The summed E-state index contributed by atoms with van der Waals surface area (Å²) in [6, 6.07) is 3.12. The summed E-state index contributed by atoms with van der Waals surface area (Å²) >= 11 is 0. The van der Waals surface area contributed by atoms with Crippen LogP contribution < -0.4 is 5.73 Å². The molecule has 0 aliphatic rings. The predicted molar refractivity (Wildman–Crippen MR) is 60.6 cm³/mol. The minimum atomic E-state index is -1.52. The molecule has 0 spiro atoms. The molecule has 1 aromatic carbocycles. The van der Waals surface area contributed by atoms with Gasteiger partial charge in [0.25, 0.3) is 11.4 Å². The van der Waals surface area contributed by atoms with E-state index in [1.165, 1.54) is 0 Å². The van der Waals surface area contributed by atoms with Gasteiger partial charge in [0.05, 0.1) is 9.85 Å². The largest absolute Gasteiger partial charge is 0.517 e. The first-order valence-corrected chi connectivity index (χ1v) is 4.87. The van der Waals surface area contributed by atoms with Crippen LogP contribution in [0.25, 0.3) is 0 Å². The summed E-state index contributed by atoms with van der Waals surface area (Å²) in [5.41, 5.74) is 2.89. The number of hydrogen-bond donors (Lipinski definition) is 1. The maximum absolute atomic E-state index is 10.9. The number of nitrogens with two attached hydrogens (primary N) is 1. The summed E-state index contributed by atoms with van der Waals surface area (Å²) in [6.45, 7) is -0.820. The molecule has 0 aliphatic heterocycles. The van der Waals surface area contributed by atoms with Gasteiger partial charge in [-0.1, -0.05) is 0 Å². The molecule has 0 saturated carbocycles. The lowest BCUT2D eigenvalue weighted by Gasteiger charge is -2.05. The summed E-state index contributed by atoms with van der Waals surface area (Å²) in [7, 11) is 0. The molecule has 0 aliphatic carbocycles. The second-order valence-electron chi connectivity index (χ2n) is 3.25.